The minimum absolute atomic E-state index is 0.316. The minimum atomic E-state index is -0.474. The first-order valence-electron chi connectivity index (χ1n) is 5.15. The van der Waals surface area contributed by atoms with Crippen molar-refractivity contribution >= 4 is 22.7 Å². The second-order valence-electron chi connectivity index (χ2n) is 3.89. The predicted octanol–water partition coefficient (Wildman–Crippen LogP) is 0.954. The van der Waals surface area contributed by atoms with Gasteiger partial charge in [0.15, 0.2) is 5.65 Å². The molecule has 6 heteroatoms. The molecule has 0 unspecified atom stereocenters. The lowest BCUT2D eigenvalue weighted by atomic mass is 10.1. The van der Waals surface area contributed by atoms with Gasteiger partial charge in [0.1, 0.15) is 5.56 Å². The number of carbonyl (C=O) groups is 1. The van der Waals surface area contributed by atoms with Gasteiger partial charge < -0.3 is 10.5 Å². The average molecular weight is 234 g/mol. The summed E-state index contributed by atoms with van der Waals surface area (Å²) in [4.78, 5) is 16.0. The van der Waals surface area contributed by atoms with Crippen LogP contribution in [-0.4, -0.2) is 27.8 Å². The molecule has 0 fully saturated rings. The number of carbonyl (C=O) groups excluding carboxylic acids is 1. The van der Waals surface area contributed by atoms with E-state index in [0.29, 0.717) is 28.0 Å². The molecule has 0 saturated carbocycles. The number of hydrogen-bond acceptors (Lipinski definition) is 5. The number of esters is 1. The molecular weight excluding hydrogens is 220 g/mol. The van der Waals surface area contributed by atoms with Crippen LogP contribution in [0.1, 0.15) is 21.7 Å². The molecule has 0 bridgehead atoms. The average Bonchev–Trinajstić information content (AvgIpc) is 2.54. The molecule has 90 valence electrons. The molecule has 0 aliphatic carbocycles. The maximum Gasteiger partial charge on any atom is 0.341 e. The fraction of sp³-hybridized carbons (Fsp3) is 0.364. The Balaban J connectivity index is 2.88. The summed E-state index contributed by atoms with van der Waals surface area (Å²) in [6.45, 7) is 3.56. The van der Waals surface area contributed by atoms with Crippen molar-refractivity contribution in [2.24, 2.45) is 7.05 Å². The van der Waals surface area contributed by atoms with E-state index >= 15 is 0 Å². The number of rotatable bonds is 1. The van der Waals surface area contributed by atoms with Gasteiger partial charge in [-0.05, 0) is 13.8 Å². The number of aryl methyl sites for hydroxylation is 3. The van der Waals surface area contributed by atoms with Crippen LogP contribution in [0.3, 0.4) is 0 Å². The van der Waals surface area contributed by atoms with Crippen molar-refractivity contribution in [3.8, 4) is 0 Å². The SMILES string of the molecule is COC(=O)c1c(C)nc2c(c(C)nn2C)c1N. The molecule has 0 aliphatic heterocycles. The molecule has 2 N–H and O–H groups in total. The third-order valence-electron chi connectivity index (χ3n) is 2.76. The van der Waals surface area contributed by atoms with E-state index in [4.69, 9.17) is 10.5 Å². The van der Waals surface area contributed by atoms with E-state index < -0.39 is 5.97 Å². The molecule has 0 aromatic carbocycles. The van der Waals surface area contributed by atoms with Gasteiger partial charge in [0.05, 0.1) is 29.6 Å². The fourth-order valence-electron chi connectivity index (χ4n) is 1.98. The third-order valence-corrected chi connectivity index (χ3v) is 2.76. The van der Waals surface area contributed by atoms with Gasteiger partial charge in [0.25, 0.3) is 0 Å². The van der Waals surface area contributed by atoms with Gasteiger partial charge in [0.2, 0.25) is 0 Å². The van der Waals surface area contributed by atoms with Crippen LogP contribution in [0, 0.1) is 13.8 Å². The van der Waals surface area contributed by atoms with E-state index in [-0.39, 0.29) is 0 Å². The summed E-state index contributed by atoms with van der Waals surface area (Å²) >= 11 is 0. The van der Waals surface area contributed by atoms with Gasteiger partial charge in [-0.15, -0.1) is 0 Å². The van der Waals surface area contributed by atoms with Crippen molar-refractivity contribution in [1.82, 2.24) is 14.8 Å². The lowest BCUT2D eigenvalue weighted by Crippen LogP contribution is -2.10. The van der Waals surface area contributed by atoms with E-state index in [9.17, 15) is 4.79 Å². The Morgan fingerprint density at radius 3 is 2.59 bits per heavy atom. The molecule has 2 heterocycles. The summed E-state index contributed by atoms with van der Waals surface area (Å²) in [7, 11) is 3.11. The van der Waals surface area contributed by atoms with Crippen molar-refractivity contribution in [3.05, 3.63) is 17.0 Å². The molecule has 0 saturated heterocycles. The molecule has 0 amide bonds. The van der Waals surface area contributed by atoms with Crippen molar-refractivity contribution in [3.63, 3.8) is 0 Å². The number of hydrogen-bond donors (Lipinski definition) is 1. The van der Waals surface area contributed by atoms with Crippen LogP contribution in [-0.2, 0) is 11.8 Å². The Bertz CT molecular complexity index is 616. The third kappa shape index (κ3) is 1.52. The molecular formula is C11H14N4O2. The van der Waals surface area contributed by atoms with E-state index in [2.05, 4.69) is 10.1 Å². The Morgan fingerprint density at radius 2 is 2.00 bits per heavy atom. The predicted molar refractivity (Wildman–Crippen MR) is 63.7 cm³/mol. The van der Waals surface area contributed by atoms with E-state index in [0.717, 1.165) is 5.69 Å². The number of nitrogens with zero attached hydrogens (tertiary/aromatic N) is 3. The number of fused-ring (bicyclic) bond motifs is 1. The first-order chi connectivity index (χ1) is 7.97. The molecule has 0 radical (unpaired) electrons. The summed E-state index contributed by atoms with van der Waals surface area (Å²) in [6, 6.07) is 0. The number of anilines is 1. The normalized spacial score (nSPS) is 10.8. The van der Waals surface area contributed by atoms with Crippen LogP contribution < -0.4 is 5.73 Å². The van der Waals surface area contributed by atoms with Crippen LogP contribution >= 0.6 is 0 Å². The zero-order valence-corrected chi connectivity index (χ0v) is 10.2. The molecule has 2 aromatic rings. The van der Waals surface area contributed by atoms with Crippen molar-refractivity contribution < 1.29 is 9.53 Å². The number of nitrogens with two attached hydrogens (primary N) is 1. The van der Waals surface area contributed by atoms with Crippen LogP contribution in [0.2, 0.25) is 0 Å². The second-order valence-corrected chi connectivity index (χ2v) is 3.89. The zero-order chi connectivity index (χ0) is 12.7. The lowest BCUT2D eigenvalue weighted by molar-refractivity contribution is 0.0601. The first kappa shape index (κ1) is 11.4. The number of ether oxygens (including phenoxy) is 1. The van der Waals surface area contributed by atoms with Crippen LogP contribution in [0.4, 0.5) is 5.69 Å². The summed E-state index contributed by atoms with van der Waals surface area (Å²) in [5.41, 5.74) is 8.68. The monoisotopic (exact) mass is 234 g/mol. The van der Waals surface area contributed by atoms with Crippen molar-refractivity contribution in [2.75, 3.05) is 12.8 Å². The first-order valence-corrected chi connectivity index (χ1v) is 5.15. The van der Waals surface area contributed by atoms with Crippen LogP contribution in [0.5, 0.6) is 0 Å². The maximum atomic E-state index is 11.6. The van der Waals surface area contributed by atoms with Crippen LogP contribution in [0.25, 0.3) is 11.0 Å². The van der Waals surface area contributed by atoms with Gasteiger partial charge in [-0.1, -0.05) is 0 Å². The van der Waals surface area contributed by atoms with Gasteiger partial charge in [-0.2, -0.15) is 5.10 Å². The molecule has 2 rings (SSSR count). The molecule has 0 spiro atoms. The number of nitrogen functional groups attached to an aromatic ring is 1. The minimum Gasteiger partial charge on any atom is -0.465 e. The van der Waals surface area contributed by atoms with E-state index in [1.807, 2.05) is 6.92 Å². The Morgan fingerprint density at radius 1 is 1.35 bits per heavy atom. The van der Waals surface area contributed by atoms with Crippen molar-refractivity contribution in [2.45, 2.75) is 13.8 Å². The summed E-state index contributed by atoms with van der Waals surface area (Å²) in [5, 5.41) is 4.95. The summed E-state index contributed by atoms with van der Waals surface area (Å²) in [5.74, 6) is -0.474. The molecule has 0 atom stereocenters. The van der Waals surface area contributed by atoms with Crippen molar-refractivity contribution in [1.29, 1.82) is 0 Å². The number of aromatic nitrogens is 3. The summed E-state index contributed by atoms with van der Waals surface area (Å²) < 4.78 is 6.36. The van der Waals surface area contributed by atoms with Gasteiger partial charge in [-0.25, -0.2) is 9.78 Å². The number of methoxy groups -OCH3 is 1. The topological polar surface area (TPSA) is 83.0 Å². The highest BCUT2D eigenvalue weighted by Gasteiger charge is 2.21. The smallest absolute Gasteiger partial charge is 0.341 e. The second kappa shape index (κ2) is 3.73. The maximum absolute atomic E-state index is 11.6. The Labute approximate surface area is 98.4 Å². The molecule has 17 heavy (non-hydrogen) atoms. The molecule has 6 nitrogen and oxygen atoms in total. The molecule has 0 aliphatic rings. The molecule has 2 aromatic heterocycles. The highest BCUT2D eigenvalue weighted by atomic mass is 16.5. The Kier molecular flexibility index (Phi) is 2.49. The van der Waals surface area contributed by atoms with Gasteiger partial charge in [0, 0.05) is 7.05 Å². The lowest BCUT2D eigenvalue weighted by Gasteiger charge is -2.08. The number of pyridine rings is 1. The highest BCUT2D eigenvalue weighted by Crippen LogP contribution is 2.28. The summed E-state index contributed by atoms with van der Waals surface area (Å²) in [6.07, 6.45) is 0. The van der Waals surface area contributed by atoms with Gasteiger partial charge >= 0.3 is 5.97 Å². The standard InChI is InChI=1S/C11H14N4O2/c1-5-8(11(16)17-4)9(12)7-6(2)14-15(3)10(7)13-5/h1-4H3,(H2,12,13). The quantitative estimate of drug-likeness (QED) is 0.743. The Hall–Kier alpha value is -2.11. The van der Waals surface area contributed by atoms with Crippen LogP contribution in [0.15, 0.2) is 0 Å². The zero-order valence-electron chi connectivity index (χ0n) is 10.2. The van der Waals surface area contributed by atoms with E-state index in [1.165, 1.54) is 7.11 Å². The van der Waals surface area contributed by atoms with Gasteiger partial charge in [-0.3, -0.25) is 4.68 Å². The highest BCUT2D eigenvalue weighted by molar-refractivity contribution is 6.05. The fourth-order valence-corrected chi connectivity index (χ4v) is 1.98. The van der Waals surface area contributed by atoms with E-state index in [1.54, 1.807) is 18.7 Å². The largest absolute Gasteiger partial charge is 0.465 e.